The average molecular weight is 279 g/mol. The topological polar surface area (TPSA) is 47.6 Å². The lowest BCUT2D eigenvalue weighted by molar-refractivity contribution is -0.121. The van der Waals surface area contributed by atoms with E-state index in [-0.39, 0.29) is 5.91 Å². The van der Waals surface area contributed by atoms with Crippen molar-refractivity contribution in [3.63, 3.8) is 0 Å². The summed E-state index contributed by atoms with van der Waals surface area (Å²) in [6, 6.07) is 5.81. The van der Waals surface area contributed by atoms with Gasteiger partial charge in [-0.2, -0.15) is 0 Å². The van der Waals surface area contributed by atoms with E-state index in [4.69, 9.17) is 9.47 Å². The SMILES string of the molecule is COc1ccc(CCNC(=O)CCC(C)C)cc1OC. The predicted molar refractivity (Wildman–Crippen MR) is 80.3 cm³/mol. The molecule has 0 bridgehead atoms. The summed E-state index contributed by atoms with van der Waals surface area (Å²) >= 11 is 0. The van der Waals surface area contributed by atoms with Crippen molar-refractivity contribution in [1.29, 1.82) is 0 Å². The number of carbonyl (C=O) groups is 1. The highest BCUT2D eigenvalue weighted by Crippen LogP contribution is 2.27. The van der Waals surface area contributed by atoms with Crippen LogP contribution in [0.5, 0.6) is 11.5 Å². The Morgan fingerprint density at radius 2 is 1.90 bits per heavy atom. The summed E-state index contributed by atoms with van der Waals surface area (Å²) < 4.78 is 10.5. The maximum atomic E-state index is 11.6. The van der Waals surface area contributed by atoms with E-state index in [1.807, 2.05) is 18.2 Å². The number of rotatable bonds is 8. The second-order valence-electron chi connectivity index (χ2n) is 5.22. The van der Waals surface area contributed by atoms with E-state index in [2.05, 4.69) is 19.2 Å². The lowest BCUT2D eigenvalue weighted by atomic mass is 10.1. The van der Waals surface area contributed by atoms with Crippen LogP contribution in [0.1, 0.15) is 32.3 Å². The van der Waals surface area contributed by atoms with Gasteiger partial charge in [0.15, 0.2) is 11.5 Å². The van der Waals surface area contributed by atoms with Crippen LogP contribution in [0.3, 0.4) is 0 Å². The Hall–Kier alpha value is -1.71. The van der Waals surface area contributed by atoms with E-state index in [1.54, 1.807) is 14.2 Å². The van der Waals surface area contributed by atoms with Gasteiger partial charge in [0.2, 0.25) is 5.91 Å². The van der Waals surface area contributed by atoms with Crippen LogP contribution in [0.15, 0.2) is 18.2 Å². The van der Waals surface area contributed by atoms with Crippen LogP contribution in [-0.4, -0.2) is 26.7 Å². The van der Waals surface area contributed by atoms with Gasteiger partial charge in [-0.05, 0) is 36.5 Å². The fourth-order valence-electron chi connectivity index (χ4n) is 1.89. The van der Waals surface area contributed by atoms with E-state index in [0.717, 1.165) is 29.9 Å². The van der Waals surface area contributed by atoms with Crippen LogP contribution < -0.4 is 14.8 Å². The van der Waals surface area contributed by atoms with Crippen molar-refractivity contribution >= 4 is 5.91 Å². The van der Waals surface area contributed by atoms with Crippen molar-refractivity contribution in [2.45, 2.75) is 33.1 Å². The molecule has 0 atom stereocenters. The van der Waals surface area contributed by atoms with Gasteiger partial charge in [-0.25, -0.2) is 0 Å². The molecule has 4 heteroatoms. The first-order chi connectivity index (χ1) is 9.56. The Kier molecular flexibility index (Phi) is 6.91. The summed E-state index contributed by atoms with van der Waals surface area (Å²) in [6.45, 7) is 4.89. The molecule has 0 unspecified atom stereocenters. The Labute approximate surface area is 121 Å². The third-order valence-corrected chi connectivity index (χ3v) is 3.13. The van der Waals surface area contributed by atoms with Crippen molar-refractivity contribution < 1.29 is 14.3 Å². The number of methoxy groups -OCH3 is 2. The first-order valence-electron chi connectivity index (χ1n) is 7.04. The second-order valence-corrected chi connectivity index (χ2v) is 5.22. The molecule has 1 aromatic rings. The van der Waals surface area contributed by atoms with E-state index < -0.39 is 0 Å². The molecule has 0 spiro atoms. The van der Waals surface area contributed by atoms with Crippen molar-refractivity contribution in [3.8, 4) is 11.5 Å². The average Bonchev–Trinajstić information content (AvgIpc) is 2.44. The summed E-state index contributed by atoms with van der Waals surface area (Å²) in [6.07, 6.45) is 2.32. The summed E-state index contributed by atoms with van der Waals surface area (Å²) in [4.78, 5) is 11.6. The molecule has 4 nitrogen and oxygen atoms in total. The van der Waals surface area contributed by atoms with Crippen LogP contribution in [0.4, 0.5) is 0 Å². The highest BCUT2D eigenvalue weighted by molar-refractivity contribution is 5.75. The molecule has 0 aliphatic rings. The zero-order valence-corrected chi connectivity index (χ0v) is 12.9. The highest BCUT2D eigenvalue weighted by atomic mass is 16.5. The van der Waals surface area contributed by atoms with Crippen molar-refractivity contribution in [1.82, 2.24) is 5.32 Å². The van der Waals surface area contributed by atoms with Gasteiger partial charge in [-0.1, -0.05) is 19.9 Å². The molecule has 0 radical (unpaired) electrons. The first-order valence-corrected chi connectivity index (χ1v) is 7.04. The Morgan fingerprint density at radius 1 is 1.20 bits per heavy atom. The Bertz CT molecular complexity index is 430. The van der Waals surface area contributed by atoms with Gasteiger partial charge in [0, 0.05) is 13.0 Å². The largest absolute Gasteiger partial charge is 0.493 e. The number of nitrogens with one attached hydrogen (secondary N) is 1. The molecule has 1 aromatic carbocycles. The van der Waals surface area contributed by atoms with E-state index in [0.29, 0.717) is 18.9 Å². The third-order valence-electron chi connectivity index (χ3n) is 3.13. The maximum absolute atomic E-state index is 11.6. The first kappa shape index (κ1) is 16.3. The molecule has 20 heavy (non-hydrogen) atoms. The Balaban J connectivity index is 2.40. The van der Waals surface area contributed by atoms with E-state index in [9.17, 15) is 4.79 Å². The zero-order chi connectivity index (χ0) is 15.0. The fraction of sp³-hybridized carbons (Fsp3) is 0.562. The number of hydrogen-bond donors (Lipinski definition) is 1. The van der Waals surface area contributed by atoms with Gasteiger partial charge in [0.1, 0.15) is 0 Å². The summed E-state index contributed by atoms with van der Waals surface area (Å²) in [7, 11) is 3.24. The molecule has 0 aliphatic heterocycles. The van der Waals surface area contributed by atoms with Crippen molar-refractivity contribution in [3.05, 3.63) is 23.8 Å². The molecule has 0 heterocycles. The van der Waals surface area contributed by atoms with Gasteiger partial charge in [-0.3, -0.25) is 4.79 Å². The van der Waals surface area contributed by atoms with Crippen LogP contribution in [0, 0.1) is 5.92 Å². The van der Waals surface area contributed by atoms with Gasteiger partial charge in [0.25, 0.3) is 0 Å². The maximum Gasteiger partial charge on any atom is 0.220 e. The van der Waals surface area contributed by atoms with Gasteiger partial charge in [0.05, 0.1) is 14.2 Å². The normalized spacial score (nSPS) is 10.4. The van der Waals surface area contributed by atoms with Gasteiger partial charge >= 0.3 is 0 Å². The quantitative estimate of drug-likeness (QED) is 0.796. The number of benzene rings is 1. The molecule has 0 aromatic heterocycles. The molecule has 1 amide bonds. The van der Waals surface area contributed by atoms with Crippen molar-refractivity contribution in [2.24, 2.45) is 5.92 Å². The van der Waals surface area contributed by atoms with Crippen LogP contribution in [0.2, 0.25) is 0 Å². The second kappa shape index (κ2) is 8.46. The number of carbonyl (C=O) groups excluding carboxylic acids is 1. The number of amides is 1. The van der Waals surface area contributed by atoms with Crippen LogP contribution in [0.25, 0.3) is 0 Å². The zero-order valence-electron chi connectivity index (χ0n) is 12.9. The molecule has 112 valence electrons. The molecule has 0 saturated carbocycles. The molecule has 0 aliphatic carbocycles. The molecule has 0 fully saturated rings. The van der Waals surface area contributed by atoms with E-state index >= 15 is 0 Å². The smallest absolute Gasteiger partial charge is 0.220 e. The third kappa shape index (κ3) is 5.51. The number of hydrogen-bond acceptors (Lipinski definition) is 3. The van der Waals surface area contributed by atoms with Gasteiger partial charge < -0.3 is 14.8 Å². The lowest BCUT2D eigenvalue weighted by Crippen LogP contribution is -2.25. The lowest BCUT2D eigenvalue weighted by Gasteiger charge is -2.10. The highest BCUT2D eigenvalue weighted by Gasteiger charge is 2.06. The molecule has 1 N–H and O–H groups in total. The fourth-order valence-corrected chi connectivity index (χ4v) is 1.89. The minimum absolute atomic E-state index is 0.124. The molecule has 1 rings (SSSR count). The van der Waals surface area contributed by atoms with Crippen molar-refractivity contribution in [2.75, 3.05) is 20.8 Å². The number of ether oxygens (including phenoxy) is 2. The van der Waals surface area contributed by atoms with Gasteiger partial charge in [-0.15, -0.1) is 0 Å². The van der Waals surface area contributed by atoms with E-state index in [1.165, 1.54) is 0 Å². The minimum Gasteiger partial charge on any atom is -0.493 e. The predicted octanol–water partition coefficient (Wildman–Crippen LogP) is 2.80. The monoisotopic (exact) mass is 279 g/mol. The summed E-state index contributed by atoms with van der Waals surface area (Å²) in [5.41, 5.74) is 1.12. The molecular weight excluding hydrogens is 254 g/mol. The Morgan fingerprint density at radius 3 is 2.50 bits per heavy atom. The standard InChI is InChI=1S/C16H25NO3/c1-12(2)5-8-16(18)17-10-9-13-6-7-14(19-3)15(11-13)20-4/h6-7,11-12H,5,8-10H2,1-4H3,(H,17,18). The summed E-state index contributed by atoms with van der Waals surface area (Å²) in [5.74, 6) is 2.12. The van der Waals surface area contributed by atoms with Crippen LogP contribution >= 0.6 is 0 Å². The molecular formula is C16H25NO3. The van der Waals surface area contributed by atoms with Crippen LogP contribution in [-0.2, 0) is 11.2 Å². The molecule has 0 saturated heterocycles. The summed E-state index contributed by atoms with van der Waals surface area (Å²) in [5, 5.41) is 2.94. The minimum atomic E-state index is 0.124.